The van der Waals surface area contributed by atoms with Crippen molar-refractivity contribution in [1.29, 1.82) is 0 Å². The molecule has 2 aromatic rings. The van der Waals surface area contributed by atoms with E-state index in [1.54, 1.807) is 18.2 Å². The molecular weight excluding hydrogens is 414 g/mol. The van der Waals surface area contributed by atoms with Gasteiger partial charge in [0.1, 0.15) is 10.7 Å². The number of carbonyl (C=O) groups is 1. The Hall–Kier alpha value is -2.91. The predicted molar refractivity (Wildman–Crippen MR) is 112 cm³/mol. The van der Waals surface area contributed by atoms with Gasteiger partial charge in [-0.05, 0) is 18.6 Å². The van der Waals surface area contributed by atoms with E-state index >= 15 is 0 Å². The Morgan fingerprint density at radius 2 is 2.10 bits per heavy atom. The highest BCUT2D eigenvalue weighted by Gasteiger charge is 2.35. The number of amides is 1. The third-order valence-electron chi connectivity index (χ3n) is 4.42. The van der Waals surface area contributed by atoms with Crippen LogP contribution in [-0.2, 0) is 4.79 Å². The van der Waals surface area contributed by atoms with Crippen LogP contribution in [0.2, 0.25) is 5.02 Å². The number of carbonyl (C=O) groups excluding carboxylic acids is 1. The van der Waals surface area contributed by atoms with Crippen molar-refractivity contribution in [3.8, 4) is 0 Å². The number of para-hydroxylation sites is 1. The lowest BCUT2D eigenvalue weighted by molar-refractivity contribution is -0.384. The van der Waals surface area contributed by atoms with E-state index in [-0.39, 0.29) is 16.6 Å². The van der Waals surface area contributed by atoms with Crippen LogP contribution in [0.4, 0.5) is 5.69 Å². The first kappa shape index (κ1) is 19.4. The van der Waals surface area contributed by atoms with Crippen molar-refractivity contribution in [2.45, 2.75) is 19.5 Å². The number of nitro groups is 1. The van der Waals surface area contributed by atoms with Crippen LogP contribution >= 0.6 is 23.4 Å². The number of hydrazone groups is 1. The van der Waals surface area contributed by atoms with E-state index in [1.165, 1.54) is 28.9 Å². The standard InChI is InChI=1S/C19H16ClN5O3S/c1-2-9-29-19-22-18(26)16-12-5-3-4-6-14(12)21-17(24(16)23-19)11-7-8-13(20)15(10-11)25(27)28/h3-8,10,17H,2,9H2,1H3,(H,22,23,26)/t17-/m1/s1. The number of hydrogen-bond acceptors (Lipinski definition) is 7. The molecule has 0 spiro atoms. The minimum Gasteiger partial charge on any atom is -0.298 e. The lowest BCUT2D eigenvalue weighted by atomic mass is 10.1. The van der Waals surface area contributed by atoms with Gasteiger partial charge in [0.25, 0.3) is 11.6 Å². The van der Waals surface area contributed by atoms with Gasteiger partial charge in [0, 0.05) is 22.6 Å². The van der Waals surface area contributed by atoms with Crippen molar-refractivity contribution >= 4 is 45.8 Å². The molecule has 2 aliphatic heterocycles. The van der Waals surface area contributed by atoms with Gasteiger partial charge in [0.15, 0.2) is 11.3 Å². The summed E-state index contributed by atoms with van der Waals surface area (Å²) in [6.07, 6.45) is 0.204. The van der Waals surface area contributed by atoms with Crippen molar-refractivity contribution in [3.05, 3.63) is 73.7 Å². The van der Waals surface area contributed by atoms with Crippen molar-refractivity contribution < 1.29 is 9.72 Å². The Morgan fingerprint density at radius 1 is 1.31 bits per heavy atom. The Morgan fingerprint density at radius 3 is 2.86 bits per heavy atom. The molecule has 2 aliphatic rings. The molecule has 1 atom stereocenters. The molecular formula is C19H16ClN5O3S. The molecule has 4 rings (SSSR count). The summed E-state index contributed by atoms with van der Waals surface area (Å²) >= 11 is 7.40. The predicted octanol–water partition coefficient (Wildman–Crippen LogP) is 2.53. The van der Waals surface area contributed by atoms with Gasteiger partial charge in [-0.2, -0.15) is 0 Å². The third kappa shape index (κ3) is 3.58. The number of amidine groups is 1. The topological polar surface area (TPSA) is 100 Å². The lowest BCUT2D eigenvalue weighted by Crippen LogP contribution is -2.50. The molecule has 0 fully saturated rings. The summed E-state index contributed by atoms with van der Waals surface area (Å²) in [5.74, 6) is 0.516. The zero-order chi connectivity index (χ0) is 20.5. The number of nitrogens with zero attached hydrogens (tertiary/aromatic N) is 4. The van der Waals surface area contributed by atoms with E-state index < -0.39 is 11.1 Å². The largest absolute Gasteiger partial charge is 0.298 e. The Bertz CT molecular complexity index is 1170. The average molecular weight is 430 g/mol. The summed E-state index contributed by atoms with van der Waals surface area (Å²) in [7, 11) is 0. The molecule has 0 aromatic heterocycles. The maximum atomic E-state index is 12.9. The number of fused-ring (bicyclic) bond motifs is 2. The Labute approximate surface area is 175 Å². The summed E-state index contributed by atoms with van der Waals surface area (Å²) in [5.41, 5.74) is 0.663. The zero-order valence-electron chi connectivity index (χ0n) is 15.3. The summed E-state index contributed by atoms with van der Waals surface area (Å²) in [5, 5.41) is 22.1. The Balaban J connectivity index is 1.91. The van der Waals surface area contributed by atoms with Gasteiger partial charge in [0.05, 0.1) is 10.3 Å². The number of rotatable bonds is 4. The molecule has 0 saturated heterocycles. The van der Waals surface area contributed by atoms with Crippen molar-refractivity contribution in [3.63, 3.8) is 0 Å². The molecule has 29 heavy (non-hydrogen) atoms. The van der Waals surface area contributed by atoms with Gasteiger partial charge in [-0.3, -0.25) is 25.2 Å². The summed E-state index contributed by atoms with van der Waals surface area (Å²) in [6.45, 7) is 2.04. The van der Waals surface area contributed by atoms with Crippen LogP contribution in [0.1, 0.15) is 25.1 Å². The summed E-state index contributed by atoms with van der Waals surface area (Å²) in [4.78, 5) is 28.4. The maximum Gasteiger partial charge on any atom is 0.288 e. The first-order valence-electron chi connectivity index (χ1n) is 8.92. The molecule has 2 aromatic carbocycles. The van der Waals surface area contributed by atoms with Crippen LogP contribution in [-0.4, -0.2) is 26.8 Å². The van der Waals surface area contributed by atoms with Crippen LogP contribution in [0, 0.1) is 10.1 Å². The van der Waals surface area contributed by atoms with Crippen LogP contribution in [0.15, 0.2) is 52.6 Å². The fourth-order valence-corrected chi connectivity index (χ4v) is 4.03. The first-order chi connectivity index (χ1) is 14.0. The van der Waals surface area contributed by atoms with E-state index in [4.69, 9.17) is 16.6 Å². The Kier molecular flexibility index (Phi) is 5.25. The van der Waals surface area contributed by atoms with Gasteiger partial charge in [-0.25, -0.2) is 5.01 Å². The summed E-state index contributed by atoms with van der Waals surface area (Å²) in [6, 6.07) is 11.8. The molecule has 1 N–H and O–H groups in total. The minimum absolute atomic E-state index is 0.0400. The average Bonchev–Trinajstić information content (AvgIpc) is 2.71. The van der Waals surface area contributed by atoms with E-state index in [9.17, 15) is 14.9 Å². The lowest BCUT2D eigenvalue weighted by Gasteiger charge is -2.34. The van der Waals surface area contributed by atoms with E-state index in [0.717, 1.165) is 12.2 Å². The van der Waals surface area contributed by atoms with Crippen molar-refractivity contribution in [2.75, 3.05) is 5.75 Å². The number of hydrogen-bond donors (Lipinski definition) is 1. The monoisotopic (exact) mass is 429 g/mol. The maximum absolute atomic E-state index is 12.9. The number of benzene rings is 2. The smallest absolute Gasteiger partial charge is 0.288 e. The molecule has 2 heterocycles. The highest BCUT2D eigenvalue weighted by atomic mass is 35.5. The zero-order valence-corrected chi connectivity index (χ0v) is 16.9. The number of nitrogens with one attached hydrogen (secondary N) is 1. The van der Waals surface area contributed by atoms with Crippen LogP contribution in [0.5, 0.6) is 0 Å². The highest BCUT2D eigenvalue weighted by molar-refractivity contribution is 8.13. The second-order valence-electron chi connectivity index (χ2n) is 6.39. The summed E-state index contributed by atoms with van der Waals surface area (Å²) < 4.78 is 0. The molecule has 0 saturated carbocycles. The molecule has 148 valence electrons. The van der Waals surface area contributed by atoms with Crippen LogP contribution in [0.25, 0.3) is 5.70 Å². The SMILES string of the molecule is CCCSC1=NN2C(=c3ccccc3=N[C@H]2c2ccc(Cl)c([N+](=O)[O-])c2)C(=O)N1. The van der Waals surface area contributed by atoms with E-state index in [2.05, 4.69) is 10.4 Å². The fourth-order valence-electron chi connectivity index (χ4n) is 3.14. The molecule has 1 amide bonds. The van der Waals surface area contributed by atoms with Gasteiger partial charge in [0.2, 0.25) is 0 Å². The second kappa shape index (κ2) is 7.84. The van der Waals surface area contributed by atoms with E-state index in [0.29, 0.717) is 27.0 Å². The van der Waals surface area contributed by atoms with Crippen molar-refractivity contribution in [2.24, 2.45) is 10.1 Å². The quantitative estimate of drug-likeness (QED) is 0.594. The van der Waals surface area contributed by atoms with Gasteiger partial charge in [-0.1, -0.05) is 54.6 Å². The molecule has 0 bridgehead atoms. The fraction of sp³-hybridized carbons (Fsp3) is 0.211. The molecule has 0 radical (unpaired) electrons. The number of nitro benzene ring substituents is 1. The molecule has 0 unspecified atom stereocenters. The van der Waals surface area contributed by atoms with Gasteiger partial charge >= 0.3 is 0 Å². The van der Waals surface area contributed by atoms with Gasteiger partial charge in [-0.15, -0.1) is 5.10 Å². The molecule has 8 nitrogen and oxygen atoms in total. The molecule has 10 heteroatoms. The van der Waals surface area contributed by atoms with Crippen molar-refractivity contribution in [1.82, 2.24) is 10.3 Å². The number of thioether (sulfide) groups is 1. The van der Waals surface area contributed by atoms with Crippen LogP contribution < -0.4 is 15.9 Å². The second-order valence-corrected chi connectivity index (χ2v) is 7.88. The normalized spacial score (nSPS) is 17.7. The molecule has 0 aliphatic carbocycles. The van der Waals surface area contributed by atoms with Gasteiger partial charge < -0.3 is 0 Å². The van der Waals surface area contributed by atoms with E-state index in [1.807, 2.05) is 19.1 Å². The highest BCUT2D eigenvalue weighted by Crippen LogP contribution is 2.34. The number of halogens is 1. The third-order valence-corrected chi connectivity index (χ3v) is 5.81. The first-order valence-corrected chi connectivity index (χ1v) is 10.3. The van der Waals surface area contributed by atoms with Crippen LogP contribution in [0.3, 0.4) is 0 Å². The minimum atomic E-state index is -0.723.